The Morgan fingerprint density at radius 2 is 1.48 bits per heavy atom. The van der Waals surface area contributed by atoms with E-state index in [-0.39, 0.29) is 38.4 Å². The molecule has 2 aromatic carbocycles. The smallest absolute Gasteiger partial charge is 0.416 e. The van der Waals surface area contributed by atoms with Crippen LogP contribution in [0.15, 0.2) is 30.3 Å². The molecule has 0 saturated heterocycles. The summed E-state index contributed by atoms with van der Waals surface area (Å²) in [6, 6.07) is 5.25. The standard InChI is InChI=1S/C19H16Cl3F3O4/c1-9(2)27-18(26)10(3)28-16-8-17(14(22)7-13(16)21)29-15-5-4-11(6-12(15)20)19(23,24)25/h4-10H,1-3H3. The number of rotatable bonds is 6. The van der Waals surface area contributed by atoms with Gasteiger partial charge in [0, 0.05) is 6.07 Å². The minimum atomic E-state index is -4.54. The Labute approximate surface area is 180 Å². The molecule has 0 aliphatic rings. The summed E-state index contributed by atoms with van der Waals surface area (Å²) in [5, 5.41) is -0.0945. The number of halogens is 6. The first-order valence-electron chi connectivity index (χ1n) is 8.29. The SMILES string of the molecule is CC(C)OC(=O)C(C)Oc1cc(Oc2ccc(C(F)(F)F)cc2Cl)c(Cl)cc1Cl. The molecule has 0 N–H and O–H groups in total. The maximum atomic E-state index is 12.8. The molecule has 0 aromatic heterocycles. The molecular weight excluding hydrogens is 456 g/mol. The molecule has 0 aliphatic heterocycles. The Morgan fingerprint density at radius 3 is 2.03 bits per heavy atom. The summed E-state index contributed by atoms with van der Waals surface area (Å²) in [6.45, 7) is 4.86. The first-order chi connectivity index (χ1) is 13.4. The van der Waals surface area contributed by atoms with Gasteiger partial charge < -0.3 is 14.2 Å². The van der Waals surface area contributed by atoms with Gasteiger partial charge in [-0.1, -0.05) is 34.8 Å². The van der Waals surface area contributed by atoms with E-state index in [0.717, 1.165) is 18.2 Å². The highest BCUT2D eigenvalue weighted by molar-refractivity contribution is 6.36. The monoisotopic (exact) mass is 470 g/mol. The molecule has 0 heterocycles. The molecule has 0 fully saturated rings. The molecular formula is C19H16Cl3F3O4. The topological polar surface area (TPSA) is 44.8 Å². The average Bonchev–Trinajstić information content (AvgIpc) is 2.58. The van der Waals surface area contributed by atoms with Crippen molar-refractivity contribution in [2.24, 2.45) is 0 Å². The van der Waals surface area contributed by atoms with Crippen molar-refractivity contribution in [1.82, 2.24) is 0 Å². The Hall–Kier alpha value is -1.83. The lowest BCUT2D eigenvalue weighted by atomic mass is 10.2. The highest BCUT2D eigenvalue weighted by Crippen LogP contribution is 2.41. The predicted molar refractivity (Wildman–Crippen MR) is 104 cm³/mol. The molecule has 0 spiro atoms. The van der Waals surface area contributed by atoms with Gasteiger partial charge >= 0.3 is 12.1 Å². The Bertz CT molecular complexity index is 901. The highest BCUT2D eigenvalue weighted by Gasteiger charge is 2.31. The van der Waals surface area contributed by atoms with E-state index in [1.165, 1.54) is 19.1 Å². The van der Waals surface area contributed by atoms with Crippen molar-refractivity contribution < 1.29 is 32.2 Å². The lowest BCUT2D eigenvalue weighted by Crippen LogP contribution is -2.28. The summed E-state index contributed by atoms with van der Waals surface area (Å²) in [5.74, 6) is -0.555. The van der Waals surface area contributed by atoms with Crippen molar-refractivity contribution in [2.45, 2.75) is 39.2 Å². The Balaban J connectivity index is 2.26. The van der Waals surface area contributed by atoms with E-state index in [1.807, 2.05) is 0 Å². The van der Waals surface area contributed by atoms with E-state index in [1.54, 1.807) is 13.8 Å². The number of esters is 1. The van der Waals surface area contributed by atoms with Gasteiger partial charge in [0.1, 0.15) is 17.2 Å². The van der Waals surface area contributed by atoms with Crippen LogP contribution in [-0.2, 0) is 15.7 Å². The Kier molecular flexibility index (Phi) is 7.54. The second-order valence-corrected chi connectivity index (χ2v) is 7.43. The number of alkyl halides is 3. The second-order valence-electron chi connectivity index (χ2n) is 6.20. The molecule has 0 radical (unpaired) electrons. The van der Waals surface area contributed by atoms with E-state index in [9.17, 15) is 18.0 Å². The number of hydrogen-bond donors (Lipinski definition) is 0. The third-order valence-corrected chi connectivity index (χ3v) is 4.34. The number of hydrogen-bond acceptors (Lipinski definition) is 4. The molecule has 2 rings (SSSR count). The van der Waals surface area contributed by atoms with Gasteiger partial charge in [-0.2, -0.15) is 13.2 Å². The molecule has 2 aromatic rings. The van der Waals surface area contributed by atoms with Crippen molar-refractivity contribution in [3.05, 3.63) is 51.0 Å². The van der Waals surface area contributed by atoms with Gasteiger partial charge in [0.05, 0.1) is 26.7 Å². The van der Waals surface area contributed by atoms with Gasteiger partial charge in [-0.25, -0.2) is 4.79 Å². The van der Waals surface area contributed by atoms with Crippen molar-refractivity contribution >= 4 is 40.8 Å². The van der Waals surface area contributed by atoms with Gasteiger partial charge in [0.25, 0.3) is 0 Å². The molecule has 0 bridgehead atoms. The van der Waals surface area contributed by atoms with Crippen LogP contribution in [0.4, 0.5) is 13.2 Å². The van der Waals surface area contributed by atoms with Crippen molar-refractivity contribution in [3.63, 3.8) is 0 Å². The molecule has 0 amide bonds. The summed E-state index contributed by atoms with van der Waals surface area (Å²) >= 11 is 18.1. The summed E-state index contributed by atoms with van der Waals surface area (Å²) in [6.07, 6.45) is -5.84. The van der Waals surface area contributed by atoms with Gasteiger partial charge in [0.15, 0.2) is 6.10 Å². The zero-order chi connectivity index (χ0) is 21.9. The molecule has 10 heteroatoms. The van der Waals surface area contributed by atoms with Crippen LogP contribution < -0.4 is 9.47 Å². The van der Waals surface area contributed by atoms with Crippen LogP contribution in [-0.4, -0.2) is 18.2 Å². The molecule has 158 valence electrons. The number of carbonyl (C=O) groups is 1. The van der Waals surface area contributed by atoms with Crippen LogP contribution >= 0.6 is 34.8 Å². The maximum absolute atomic E-state index is 12.8. The third-order valence-electron chi connectivity index (χ3n) is 3.45. The average molecular weight is 472 g/mol. The van der Waals surface area contributed by atoms with Crippen LogP contribution in [0.25, 0.3) is 0 Å². The maximum Gasteiger partial charge on any atom is 0.416 e. The Morgan fingerprint density at radius 1 is 0.897 bits per heavy atom. The number of carbonyl (C=O) groups excluding carboxylic acids is 1. The van der Waals surface area contributed by atoms with E-state index in [4.69, 9.17) is 49.0 Å². The lowest BCUT2D eigenvalue weighted by Gasteiger charge is -2.18. The highest BCUT2D eigenvalue weighted by atomic mass is 35.5. The van der Waals surface area contributed by atoms with Crippen LogP contribution in [0.2, 0.25) is 15.1 Å². The quantitative estimate of drug-likeness (QED) is 0.419. The summed E-state index contributed by atoms with van der Waals surface area (Å²) in [5.41, 5.74) is -0.918. The van der Waals surface area contributed by atoms with E-state index in [0.29, 0.717) is 0 Å². The minimum Gasteiger partial charge on any atom is -0.477 e. The van der Waals surface area contributed by atoms with Crippen molar-refractivity contribution in [3.8, 4) is 17.2 Å². The fourth-order valence-corrected chi connectivity index (χ4v) is 2.81. The molecule has 4 nitrogen and oxygen atoms in total. The summed E-state index contributed by atoms with van der Waals surface area (Å²) < 4.78 is 54.4. The van der Waals surface area contributed by atoms with Crippen LogP contribution in [0, 0.1) is 0 Å². The van der Waals surface area contributed by atoms with E-state index in [2.05, 4.69) is 0 Å². The predicted octanol–water partition coefficient (Wildman–Crippen LogP) is 7.18. The van der Waals surface area contributed by atoms with Gasteiger partial charge in [-0.15, -0.1) is 0 Å². The second kappa shape index (κ2) is 9.32. The van der Waals surface area contributed by atoms with Crippen molar-refractivity contribution in [2.75, 3.05) is 0 Å². The molecule has 0 saturated carbocycles. The zero-order valence-electron chi connectivity index (χ0n) is 15.4. The number of benzene rings is 2. The number of ether oxygens (including phenoxy) is 3. The normalized spacial score (nSPS) is 12.6. The molecule has 29 heavy (non-hydrogen) atoms. The van der Waals surface area contributed by atoms with Gasteiger partial charge in [-0.05, 0) is 45.0 Å². The first-order valence-corrected chi connectivity index (χ1v) is 9.42. The van der Waals surface area contributed by atoms with E-state index < -0.39 is 23.8 Å². The zero-order valence-corrected chi connectivity index (χ0v) is 17.7. The molecule has 1 unspecified atom stereocenters. The minimum absolute atomic E-state index is 0.0251. The third kappa shape index (κ3) is 6.32. The first kappa shape index (κ1) is 23.4. The largest absolute Gasteiger partial charge is 0.477 e. The summed E-state index contributed by atoms with van der Waals surface area (Å²) in [4.78, 5) is 11.9. The van der Waals surface area contributed by atoms with E-state index >= 15 is 0 Å². The fraction of sp³-hybridized carbons (Fsp3) is 0.316. The molecule has 0 aliphatic carbocycles. The lowest BCUT2D eigenvalue weighted by molar-refractivity contribution is -0.154. The van der Waals surface area contributed by atoms with Crippen LogP contribution in [0.1, 0.15) is 26.3 Å². The van der Waals surface area contributed by atoms with Gasteiger partial charge in [0.2, 0.25) is 0 Å². The fourth-order valence-electron chi connectivity index (χ4n) is 2.12. The van der Waals surface area contributed by atoms with Crippen molar-refractivity contribution in [1.29, 1.82) is 0 Å². The summed E-state index contributed by atoms with van der Waals surface area (Å²) in [7, 11) is 0. The van der Waals surface area contributed by atoms with Crippen LogP contribution in [0.3, 0.4) is 0 Å². The van der Waals surface area contributed by atoms with Crippen LogP contribution in [0.5, 0.6) is 17.2 Å². The van der Waals surface area contributed by atoms with Gasteiger partial charge in [-0.3, -0.25) is 0 Å². The molecule has 1 atom stereocenters.